The van der Waals surface area contributed by atoms with Crippen LogP contribution in [0.1, 0.15) is 54.8 Å². The van der Waals surface area contributed by atoms with Crippen LogP contribution in [0.25, 0.3) is 0 Å². The zero-order valence-corrected chi connectivity index (χ0v) is 22.3. The number of imide groups is 1. The number of hydrazine groups is 1. The second kappa shape index (κ2) is 10.7. The van der Waals surface area contributed by atoms with Gasteiger partial charge in [0, 0.05) is 23.3 Å². The third kappa shape index (κ3) is 4.52. The van der Waals surface area contributed by atoms with Crippen molar-refractivity contribution in [2.45, 2.75) is 19.4 Å². The molecule has 1 atom stereocenters. The number of Topliss-reactive ketones (excluding diaryl/α,β-unsaturated/α-hetero) is 1. The zero-order valence-electron chi connectivity index (χ0n) is 19.3. The van der Waals surface area contributed by atoms with Crippen molar-refractivity contribution in [3.8, 4) is 0 Å². The molecule has 1 aliphatic heterocycles. The molecule has 0 fully saturated rings. The number of benzene rings is 3. The van der Waals surface area contributed by atoms with Crippen molar-refractivity contribution in [3.05, 3.63) is 107 Å². The van der Waals surface area contributed by atoms with Gasteiger partial charge in [0.1, 0.15) is 6.04 Å². The number of non-ortho nitro benzene ring substituents is 1. The number of carbonyl (C=O) groups excluding carboxylic acids is 4. The predicted molar refractivity (Wildman–Crippen MR) is 141 cm³/mol. The Balaban J connectivity index is 1.90. The maximum Gasteiger partial charge on any atom is 0.282 e. The fraction of sp³-hybridized carbons (Fsp3) is 0.120. The van der Waals surface area contributed by atoms with E-state index in [0.717, 1.165) is 29.3 Å². The van der Waals surface area contributed by atoms with Gasteiger partial charge in [0.15, 0.2) is 5.78 Å². The Bertz CT molecular complexity index is 1460. The summed E-state index contributed by atoms with van der Waals surface area (Å²) in [5, 5.41) is 11.1. The molecule has 0 saturated heterocycles. The van der Waals surface area contributed by atoms with E-state index in [2.05, 4.69) is 0 Å². The lowest BCUT2D eigenvalue weighted by atomic mass is 10.0. The molecule has 0 aromatic heterocycles. The van der Waals surface area contributed by atoms with Gasteiger partial charge < -0.3 is 0 Å². The molecule has 0 aliphatic carbocycles. The topological polar surface area (TPSA) is 118 Å². The lowest BCUT2D eigenvalue weighted by Crippen LogP contribution is -2.57. The number of halogens is 4. The van der Waals surface area contributed by atoms with Gasteiger partial charge in [-0.25, -0.2) is 5.01 Å². The molecule has 0 spiro atoms. The van der Waals surface area contributed by atoms with Gasteiger partial charge in [-0.1, -0.05) is 83.7 Å². The summed E-state index contributed by atoms with van der Waals surface area (Å²) in [6, 6.07) is 11.1. The SMILES string of the molecule is CC[C@H](C(=O)c1ccccc1)N(C(=O)c1ccc([N+](=O)[O-])cc1)N1C(=O)c2c(Cl)c(Cl)c(Cl)c(Cl)c2C1=O. The van der Waals surface area contributed by atoms with Crippen LogP contribution in [0.2, 0.25) is 20.1 Å². The Kier molecular flexibility index (Phi) is 7.75. The third-order valence-electron chi connectivity index (χ3n) is 5.87. The van der Waals surface area contributed by atoms with Crippen LogP contribution in [0.4, 0.5) is 5.69 Å². The van der Waals surface area contributed by atoms with Crippen LogP contribution in [0.3, 0.4) is 0 Å². The van der Waals surface area contributed by atoms with E-state index >= 15 is 0 Å². The first-order valence-electron chi connectivity index (χ1n) is 10.9. The molecular weight excluding hydrogens is 580 g/mol. The Morgan fingerprint density at radius 3 is 1.79 bits per heavy atom. The van der Waals surface area contributed by atoms with Crippen molar-refractivity contribution >= 4 is 75.6 Å². The third-order valence-corrected chi connectivity index (χ3v) is 7.67. The first kappa shape index (κ1) is 27.5. The summed E-state index contributed by atoms with van der Waals surface area (Å²) in [5.41, 5.74) is -0.942. The number of amides is 3. The summed E-state index contributed by atoms with van der Waals surface area (Å²) in [6.07, 6.45) is -0.0111. The highest BCUT2D eigenvalue weighted by atomic mass is 35.5. The number of hydrogen-bond acceptors (Lipinski definition) is 6. The van der Waals surface area contributed by atoms with Gasteiger partial charge >= 0.3 is 0 Å². The molecule has 194 valence electrons. The molecule has 0 radical (unpaired) electrons. The van der Waals surface area contributed by atoms with Crippen LogP contribution in [0.15, 0.2) is 54.6 Å². The van der Waals surface area contributed by atoms with Crippen LogP contribution in [-0.2, 0) is 0 Å². The van der Waals surface area contributed by atoms with Crippen molar-refractivity contribution in [3.63, 3.8) is 0 Å². The molecule has 13 heteroatoms. The number of carbonyl (C=O) groups is 4. The summed E-state index contributed by atoms with van der Waals surface area (Å²) in [5.74, 6) is -3.61. The quantitative estimate of drug-likeness (QED) is 0.0767. The molecule has 9 nitrogen and oxygen atoms in total. The van der Waals surface area contributed by atoms with Crippen molar-refractivity contribution in [2.75, 3.05) is 0 Å². The second-order valence-electron chi connectivity index (χ2n) is 8.04. The van der Waals surface area contributed by atoms with E-state index in [9.17, 15) is 29.3 Å². The monoisotopic (exact) mass is 593 g/mol. The van der Waals surface area contributed by atoms with E-state index < -0.39 is 34.5 Å². The number of hydrogen-bond donors (Lipinski definition) is 0. The molecule has 4 rings (SSSR count). The number of nitro benzene ring substituents is 1. The maximum atomic E-state index is 13.8. The summed E-state index contributed by atoms with van der Waals surface area (Å²) in [7, 11) is 0. The van der Waals surface area contributed by atoms with Crippen molar-refractivity contribution in [2.24, 2.45) is 0 Å². The van der Waals surface area contributed by atoms with Crippen molar-refractivity contribution in [1.29, 1.82) is 0 Å². The standard InChI is InChI=1S/C25H15Cl4N3O6/c1-2-15(22(33)12-6-4-3-5-7-12)30(23(34)13-8-10-14(11-9-13)32(37)38)31-24(35)16-17(25(31)36)19(27)21(29)20(28)18(16)26/h3-11,15H,2H2,1H3/t15-/m1/s1. The van der Waals surface area contributed by atoms with Crippen LogP contribution < -0.4 is 0 Å². The van der Waals surface area contributed by atoms with Gasteiger partial charge in [-0.15, -0.1) is 0 Å². The molecular formula is C25H15Cl4N3O6. The minimum absolute atomic E-state index is 0.0111. The summed E-state index contributed by atoms with van der Waals surface area (Å²) in [4.78, 5) is 65.0. The lowest BCUT2D eigenvalue weighted by Gasteiger charge is -2.35. The van der Waals surface area contributed by atoms with E-state index in [1.807, 2.05) is 0 Å². The van der Waals surface area contributed by atoms with Gasteiger partial charge in [-0.2, -0.15) is 5.01 Å². The first-order valence-corrected chi connectivity index (χ1v) is 12.4. The average Bonchev–Trinajstić information content (AvgIpc) is 3.18. The van der Waals surface area contributed by atoms with Crippen LogP contribution in [-0.4, -0.2) is 44.5 Å². The Morgan fingerprint density at radius 2 is 1.34 bits per heavy atom. The molecule has 38 heavy (non-hydrogen) atoms. The van der Waals surface area contributed by atoms with Crippen LogP contribution >= 0.6 is 46.4 Å². The number of rotatable bonds is 7. The van der Waals surface area contributed by atoms with Gasteiger partial charge in [0.05, 0.1) is 36.1 Å². The molecule has 0 bridgehead atoms. The maximum absolute atomic E-state index is 13.8. The molecule has 0 N–H and O–H groups in total. The van der Waals surface area contributed by atoms with Crippen molar-refractivity contribution in [1.82, 2.24) is 10.0 Å². The zero-order chi connectivity index (χ0) is 27.9. The molecule has 0 saturated carbocycles. The van der Waals surface area contributed by atoms with E-state index in [0.29, 0.717) is 5.01 Å². The summed E-state index contributed by atoms with van der Waals surface area (Å²) >= 11 is 24.7. The van der Waals surface area contributed by atoms with E-state index in [-0.39, 0.29) is 54.5 Å². The molecule has 3 aromatic carbocycles. The van der Waals surface area contributed by atoms with E-state index in [4.69, 9.17) is 46.4 Å². The minimum atomic E-state index is -1.34. The Hall–Kier alpha value is -3.50. The summed E-state index contributed by atoms with van der Waals surface area (Å²) in [6.45, 7) is 1.59. The fourth-order valence-electron chi connectivity index (χ4n) is 4.03. The van der Waals surface area contributed by atoms with Crippen LogP contribution in [0.5, 0.6) is 0 Å². The highest BCUT2D eigenvalue weighted by molar-refractivity contribution is 6.55. The fourth-order valence-corrected chi connectivity index (χ4v) is 5.04. The Labute approximate surface area is 235 Å². The average molecular weight is 595 g/mol. The number of nitro groups is 1. The largest absolute Gasteiger partial charge is 0.292 e. The number of nitrogens with zero attached hydrogens (tertiary/aromatic N) is 3. The molecule has 0 unspecified atom stereocenters. The van der Waals surface area contributed by atoms with Gasteiger partial charge in [-0.05, 0) is 18.6 Å². The summed E-state index contributed by atoms with van der Waals surface area (Å²) < 4.78 is 0. The highest BCUT2D eigenvalue weighted by Gasteiger charge is 2.49. The van der Waals surface area contributed by atoms with Crippen molar-refractivity contribution < 1.29 is 24.1 Å². The van der Waals surface area contributed by atoms with Gasteiger partial charge in [-0.3, -0.25) is 29.3 Å². The molecule has 1 aliphatic rings. The van der Waals surface area contributed by atoms with E-state index in [1.165, 1.54) is 12.1 Å². The van der Waals surface area contributed by atoms with Gasteiger partial charge in [0.25, 0.3) is 23.4 Å². The normalized spacial score (nSPS) is 13.3. The highest BCUT2D eigenvalue weighted by Crippen LogP contribution is 2.45. The minimum Gasteiger partial charge on any atom is -0.292 e. The molecule has 1 heterocycles. The van der Waals surface area contributed by atoms with E-state index in [1.54, 1.807) is 25.1 Å². The lowest BCUT2D eigenvalue weighted by molar-refractivity contribution is -0.384. The second-order valence-corrected chi connectivity index (χ2v) is 9.55. The Morgan fingerprint density at radius 1 is 0.842 bits per heavy atom. The number of ketones is 1. The van der Waals surface area contributed by atoms with Crippen LogP contribution in [0, 0.1) is 10.1 Å². The first-order chi connectivity index (χ1) is 18.0. The smallest absolute Gasteiger partial charge is 0.282 e. The molecule has 3 amide bonds. The van der Waals surface area contributed by atoms with Gasteiger partial charge in [0.2, 0.25) is 0 Å². The molecule has 3 aromatic rings. The number of fused-ring (bicyclic) bond motifs is 1. The predicted octanol–water partition coefficient (Wildman–Crippen LogP) is 6.52.